The van der Waals surface area contributed by atoms with E-state index in [9.17, 15) is 4.79 Å². The monoisotopic (exact) mass is 264 g/mol. The number of hydrogen-bond donors (Lipinski definition) is 2. The first-order chi connectivity index (χ1) is 8.42. The van der Waals surface area contributed by atoms with E-state index in [1.807, 2.05) is 12.1 Å². The number of fused-ring (bicyclic) bond motifs is 1. The molecule has 0 radical (unpaired) electrons. The molecule has 1 aromatic carbocycles. The summed E-state index contributed by atoms with van der Waals surface area (Å²) < 4.78 is 0. The Morgan fingerprint density at radius 1 is 1.39 bits per heavy atom. The van der Waals surface area contributed by atoms with Gasteiger partial charge in [0.1, 0.15) is 0 Å². The van der Waals surface area contributed by atoms with Crippen LogP contribution in [0.3, 0.4) is 0 Å². The van der Waals surface area contributed by atoms with Gasteiger partial charge in [0, 0.05) is 28.6 Å². The molecule has 0 aliphatic carbocycles. The molecule has 1 aromatic heterocycles. The van der Waals surface area contributed by atoms with Crippen LogP contribution in [0.1, 0.15) is 25.1 Å². The van der Waals surface area contributed by atoms with Crippen molar-refractivity contribution in [3.63, 3.8) is 0 Å². The number of para-hydroxylation sites is 1. The summed E-state index contributed by atoms with van der Waals surface area (Å²) in [6.07, 6.45) is 0. The van der Waals surface area contributed by atoms with Crippen LogP contribution in [0, 0.1) is 6.92 Å². The third-order valence-electron chi connectivity index (χ3n) is 3.24. The minimum atomic E-state index is -0.513. The summed E-state index contributed by atoms with van der Waals surface area (Å²) in [4.78, 5) is 14.2. The second-order valence-corrected chi connectivity index (χ2v) is 5.53. The Kier molecular flexibility index (Phi) is 3.35. The minimum absolute atomic E-state index is 0.172. The highest BCUT2D eigenvalue weighted by Crippen LogP contribution is 2.32. The zero-order valence-electron chi connectivity index (χ0n) is 10.8. The molecule has 0 fully saturated rings. The molecule has 1 amide bonds. The lowest BCUT2D eigenvalue weighted by atomic mass is 9.82. The van der Waals surface area contributed by atoms with Crippen LogP contribution in [-0.2, 0) is 5.41 Å². The Morgan fingerprint density at radius 2 is 2.06 bits per heavy atom. The van der Waals surface area contributed by atoms with E-state index >= 15 is 0 Å². The number of amides is 1. The van der Waals surface area contributed by atoms with Gasteiger partial charge in [0.05, 0.1) is 0 Å². The van der Waals surface area contributed by atoms with Gasteiger partial charge >= 0.3 is 5.37 Å². The molecule has 0 aliphatic heterocycles. The number of hydrogen-bond acceptors (Lipinski definition) is 1. The van der Waals surface area contributed by atoms with Crippen LogP contribution in [0.4, 0.5) is 4.79 Å². The van der Waals surface area contributed by atoms with Crippen LogP contribution in [0.25, 0.3) is 10.9 Å². The molecule has 0 atom stereocenters. The quantitative estimate of drug-likeness (QED) is 0.644. The fourth-order valence-electron chi connectivity index (χ4n) is 2.53. The number of rotatable bonds is 3. The first-order valence-corrected chi connectivity index (χ1v) is 6.31. The van der Waals surface area contributed by atoms with Gasteiger partial charge in [-0.25, -0.2) is 0 Å². The van der Waals surface area contributed by atoms with Gasteiger partial charge in [-0.15, -0.1) is 0 Å². The van der Waals surface area contributed by atoms with Crippen LogP contribution >= 0.6 is 11.6 Å². The first kappa shape index (κ1) is 13.0. The number of H-pyrrole nitrogens is 1. The molecule has 0 unspecified atom stereocenters. The Morgan fingerprint density at radius 3 is 2.72 bits per heavy atom. The van der Waals surface area contributed by atoms with E-state index in [-0.39, 0.29) is 5.41 Å². The van der Waals surface area contributed by atoms with Crippen LogP contribution in [-0.4, -0.2) is 16.9 Å². The first-order valence-electron chi connectivity index (χ1n) is 5.93. The Hall–Kier alpha value is -1.48. The number of benzene rings is 1. The van der Waals surface area contributed by atoms with Crippen molar-refractivity contribution < 1.29 is 4.79 Å². The number of aromatic nitrogens is 1. The lowest BCUT2D eigenvalue weighted by Gasteiger charge is -2.25. The molecule has 2 aromatic rings. The topological polar surface area (TPSA) is 44.9 Å². The van der Waals surface area contributed by atoms with Gasteiger partial charge < -0.3 is 10.3 Å². The SMILES string of the molecule is Cc1[nH]c2ccccc2c1C(C)(C)CNC(=O)Cl. The van der Waals surface area contributed by atoms with Gasteiger partial charge in [-0.05, 0) is 30.2 Å². The smallest absolute Gasteiger partial charge is 0.313 e. The molecule has 0 saturated carbocycles. The third kappa shape index (κ3) is 2.36. The van der Waals surface area contributed by atoms with Gasteiger partial charge in [0.15, 0.2) is 0 Å². The number of aromatic amines is 1. The molecule has 0 saturated heterocycles. The van der Waals surface area contributed by atoms with E-state index in [1.54, 1.807) is 0 Å². The van der Waals surface area contributed by atoms with E-state index in [0.717, 1.165) is 11.2 Å². The van der Waals surface area contributed by atoms with Gasteiger partial charge in [0.25, 0.3) is 0 Å². The average Bonchev–Trinajstić information content (AvgIpc) is 2.63. The molecule has 0 aliphatic rings. The minimum Gasteiger partial charge on any atom is -0.358 e. The fourth-order valence-corrected chi connectivity index (χ4v) is 2.59. The summed E-state index contributed by atoms with van der Waals surface area (Å²) in [7, 11) is 0. The molecule has 1 heterocycles. The Balaban J connectivity index is 2.45. The van der Waals surface area contributed by atoms with Crippen molar-refractivity contribution in [2.75, 3.05) is 6.54 Å². The molecule has 0 bridgehead atoms. The molecule has 2 N–H and O–H groups in total. The van der Waals surface area contributed by atoms with Gasteiger partial charge in [-0.3, -0.25) is 4.79 Å². The predicted molar refractivity (Wildman–Crippen MR) is 75.3 cm³/mol. The van der Waals surface area contributed by atoms with E-state index in [2.05, 4.69) is 43.2 Å². The Bertz CT molecular complexity index is 586. The summed E-state index contributed by atoms with van der Waals surface area (Å²) in [6, 6.07) is 8.19. The van der Waals surface area contributed by atoms with E-state index in [4.69, 9.17) is 11.6 Å². The van der Waals surface area contributed by atoms with Crippen molar-refractivity contribution in [2.24, 2.45) is 0 Å². The van der Waals surface area contributed by atoms with Crippen molar-refractivity contribution in [1.29, 1.82) is 0 Å². The maximum atomic E-state index is 10.9. The highest BCUT2D eigenvalue weighted by molar-refractivity contribution is 6.62. The number of halogens is 1. The standard InChI is InChI=1S/C14H17ClN2O/c1-9-12(14(2,3)8-16-13(15)18)10-6-4-5-7-11(10)17-9/h4-7,17H,8H2,1-3H3,(H,16,18). The van der Waals surface area contributed by atoms with Gasteiger partial charge in [-0.1, -0.05) is 32.0 Å². The fraction of sp³-hybridized carbons (Fsp3) is 0.357. The van der Waals surface area contributed by atoms with Crippen molar-refractivity contribution in [3.8, 4) is 0 Å². The van der Waals surface area contributed by atoms with Gasteiger partial charge in [-0.2, -0.15) is 0 Å². The van der Waals surface area contributed by atoms with Crippen molar-refractivity contribution >= 4 is 27.9 Å². The Labute approximate surface area is 112 Å². The van der Waals surface area contributed by atoms with Crippen molar-refractivity contribution in [2.45, 2.75) is 26.2 Å². The lowest BCUT2D eigenvalue weighted by molar-refractivity contribution is 0.257. The summed E-state index contributed by atoms with van der Waals surface area (Å²) >= 11 is 5.35. The second kappa shape index (κ2) is 4.65. The third-order valence-corrected chi connectivity index (χ3v) is 3.37. The number of nitrogens with one attached hydrogen (secondary N) is 2. The number of carbonyl (C=O) groups is 1. The van der Waals surface area contributed by atoms with Crippen LogP contribution < -0.4 is 5.32 Å². The van der Waals surface area contributed by atoms with Crippen LogP contribution in [0.2, 0.25) is 0 Å². The van der Waals surface area contributed by atoms with Crippen LogP contribution in [0.15, 0.2) is 24.3 Å². The summed E-state index contributed by atoms with van der Waals surface area (Å²) in [5.41, 5.74) is 3.30. The normalized spacial score (nSPS) is 11.8. The summed E-state index contributed by atoms with van der Waals surface area (Å²) in [6.45, 7) is 6.77. The molecule has 4 heteroatoms. The zero-order valence-corrected chi connectivity index (χ0v) is 11.6. The molecular weight excluding hydrogens is 248 g/mol. The number of carbonyl (C=O) groups excluding carboxylic acids is 1. The van der Waals surface area contributed by atoms with Crippen molar-refractivity contribution in [1.82, 2.24) is 10.3 Å². The van der Waals surface area contributed by atoms with E-state index in [1.165, 1.54) is 10.9 Å². The molecular formula is C14H17ClN2O. The molecule has 18 heavy (non-hydrogen) atoms. The zero-order chi connectivity index (χ0) is 13.3. The molecule has 0 spiro atoms. The molecule has 3 nitrogen and oxygen atoms in total. The average molecular weight is 265 g/mol. The molecule has 96 valence electrons. The largest absolute Gasteiger partial charge is 0.358 e. The van der Waals surface area contributed by atoms with E-state index < -0.39 is 5.37 Å². The van der Waals surface area contributed by atoms with Gasteiger partial charge in [0.2, 0.25) is 0 Å². The van der Waals surface area contributed by atoms with E-state index in [0.29, 0.717) is 6.54 Å². The number of aryl methyl sites for hydroxylation is 1. The predicted octanol–water partition coefficient (Wildman–Crippen LogP) is 3.70. The highest BCUT2D eigenvalue weighted by atomic mass is 35.5. The van der Waals surface area contributed by atoms with Crippen molar-refractivity contribution in [3.05, 3.63) is 35.5 Å². The summed E-state index contributed by atoms with van der Waals surface area (Å²) in [5, 5.41) is 3.36. The maximum Gasteiger partial charge on any atom is 0.313 e. The lowest BCUT2D eigenvalue weighted by Crippen LogP contribution is -2.34. The summed E-state index contributed by atoms with van der Waals surface area (Å²) in [5.74, 6) is 0. The molecule has 2 rings (SSSR count). The maximum absolute atomic E-state index is 10.9. The second-order valence-electron chi connectivity index (χ2n) is 5.18. The van der Waals surface area contributed by atoms with Crippen LogP contribution in [0.5, 0.6) is 0 Å². The highest BCUT2D eigenvalue weighted by Gasteiger charge is 2.26.